The van der Waals surface area contributed by atoms with Crippen molar-refractivity contribution in [2.75, 3.05) is 26.4 Å². The van der Waals surface area contributed by atoms with Crippen LogP contribution in [-0.2, 0) is 42.2 Å². The normalized spacial score (nSPS) is 13.8. The molecule has 0 amide bonds. The molecule has 0 aromatic rings. The van der Waals surface area contributed by atoms with Crippen LogP contribution in [0.5, 0.6) is 0 Å². The number of aliphatic hydroxyl groups excluding tert-OH is 1. The standard InChI is InChI=1S/C54H97O11P/c1-4-7-10-13-16-19-21-23-24-25-26-28-29-32-34-37-40-43-52(56)61-47-51(65-54(58)45-42-39-36-33-30-27-22-20-17-14-11-8-5-2)49-63-66(59,60)62-48-50(46-55)64-53(57)44-41-38-35-31-18-15-12-9-6-3/h7,10,16,19,23-24,26,28,50-51,55H,4-6,8-9,11-15,17-18,20-22,25,27,29-49H2,1-3H3,(H,59,60)/b10-7-,19-16-,24-23-,28-26-. The average Bonchev–Trinajstić information content (AvgIpc) is 3.30. The molecule has 0 saturated heterocycles. The highest BCUT2D eigenvalue weighted by atomic mass is 31.2. The van der Waals surface area contributed by atoms with Crippen LogP contribution in [0.4, 0.5) is 0 Å². The molecule has 0 spiro atoms. The van der Waals surface area contributed by atoms with Gasteiger partial charge in [0.25, 0.3) is 0 Å². The second-order valence-electron chi connectivity index (χ2n) is 17.7. The Labute approximate surface area is 403 Å². The number of unbranched alkanes of at least 4 members (excludes halogenated alkanes) is 24. The summed E-state index contributed by atoms with van der Waals surface area (Å²) < 4.78 is 39.3. The summed E-state index contributed by atoms with van der Waals surface area (Å²) >= 11 is 0. The summed E-state index contributed by atoms with van der Waals surface area (Å²) in [5, 5.41) is 9.74. The number of rotatable bonds is 49. The largest absolute Gasteiger partial charge is 0.472 e. The number of ether oxygens (including phenoxy) is 3. The van der Waals surface area contributed by atoms with Gasteiger partial charge in [0.15, 0.2) is 6.10 Å². The third-order valence-electron chi connectivity index (χ3n) is 11.3. The minimum absolute atomic E-state index is 0.166. The summed E-state index contributed by atoms with van der Waals surface area (Å²) in [6.07, 6.45) is 49.4. The fraction of sp³-hybridized carbons (Fsp3) is 0.796. The summed E-state index contributed by atoms with van der Waals surface area (Å²) in [7, 11) is -4.74. The topological polar surface area (TPSA) is 155 Å². The first-order valence-electron chi connectivity index (χ1n) is 26.5. The Morgan fingerprint density at radius 3 is 1.21 bits per heavy atom. The van der Waals surface area contributed by atoms with Gasteiger partial charge in [-0.3, -0.25) is 23.4 Å². The summed E-state index contributed by atoms with van der Waals surface area (Å²) in [6, 6.07) is 0. The summed E-state index contributed by atoms with van der Waals surface area (Å²) in [6.45, 7) is 4.48. The van der Waals surface area contributed by atoms with E-state index in [1.165, 1.54) is 89.9 Å². The highest BCUT2D eigenvalue weighted by Gasteiger charge is 2.28. The molecule has 0 aliphatic rings. The average molecular weight is 953 g/mol. The molecule has 0 aromatic heterocycles. The number of allylic oxidation sites excluding steroid dienone is 8. The lowest BCUT2D eigenvalue weighted by atomic mass is 10.0. The summed E-state index contributed by atoms with van der Waals surface area (Å²) in [5.74, 6) is -1.48. The third kappa shape index (κ3) is 46.5. The number of carbonyl (C=O) groups is 3. The number of hydrogen-bond acceptors (Lipinski definition) is 10. The summed E-state index contributed by atoms with van der Waals surface area (Å²) in [4.78, 5) is 48.3. The molecule has 3 unspecified atom stereocenters. The van der Waals surface area contributed by atoms with Crippen molar-refractivity contribution < 1.29 is 52.2 Å². The Morgan fingerprint density at radius 2 is 0.788 bits per heavy atom. The van der Waals surface area contributed by atoms with E-state index < -0.39 is 57.8 Å². The molecule has 384 valence electrons. The molecule has 0 saturated carbocycles. The zero-order chi connectivity index (χ0) is 48.4. The SMILES string of the molecule is CC/C=C\C/C=C\C/C=C\C/C=C\CCCCCCC(=O)OCC(COP(=O)(O)OCC(CO)OC(=O)CCCCCCCCCCC)OC(=O)CCCCCCCCCCCCCCC. The van der Waals surface area contributed by atoms with E-state index in [1.54, 1.807) is 0 Å². The number of carbonyl (C=O) groups excluding carboxylic acids is 3. The van der Waals surface area contributed by atoms with E-state index in [4.69, 9.17) is 23.3 Å². The van der Waals surface area contributed by atoms with Crippen molar-refractivity contribution in [3.63, 3.8) is 0 Å². The van der Waals surface area contributed by atoms with Gasteiger partial charge >= 0.3 is 25.7 Å². The first-order valence-corrected chi connectivity index (χ1v) is 28.0. The lowest BCUT2D eigenvalue weighted by Gasteiger charge is -2.21. The minimum atomic E-state index is -4.74. The second-order valence-corrected chi connectivity index (χ2v) is 19.1. The van der Waals surface area contributed by atoms with Gasteiger partial charge in [-0.05, 0) is 57.8 Å². The zero-order valence-electron chi connectivity index (χ0n) is 42.2. The predicted molar refractivity (Wildman–Crippen MR) is 270 cm³/mol. The smallest absolute Gasteiger partial charge is 0.462 e. The van der Waals surface area contributed by atoms with Crippen molar-refractivity contribution in [1.29, 1.82) is 0 Å². The molecular weight excluding hydrogens is 856 g/mol. The molecule has 0 aliphatic carbocycles. The highest BCUT2D eigenvalue weighted by molar-refractivity contribution is 7.47. The molecule has 0 aromatic carbocycles. The lowest BCUT2D eigenvalue weighted by molar-refractivity contribution is -0.161. The van der Waals surface area contributed by atoms with Crippen LogP contribution in [0.3, 0.4) is 0 Å². The van der Waals surface area contributed by atoms with Crippen molar-refractivity contribution in [3.05, 3.63) is 48.6 Å². The number of hydrogen-bond donors (Lipinski definition) is 2. The monoisotopic (exact) mass is 953 g/mol. The van der Waals surface area contributed by atoms with Crippen molar-refractivity contribution >= 4 is 25.7 Å². The van der Waals surface area contributed by atoms with Crippen LogP contribution < -0.4 is 0 Å². The number of esters is 3. The predicted octanol–water partition coefficient (Wildman–Crippen LogP) is 15.0. The maximum Gasteiger partial charge on any atom is 0.472 e. The molecule has 0 rings (SSSR count). The fourth-order valence-electron chi connectivity index (χ4n) is 7.23. The van der Waals surface area contributed by atoms with Gasteiger partial charge in [0.05, 0.1) is 19.8 Å². The van der Waals surface area contributed by atoms with Crippen LogP contribution in [0.1, 0.15) is 239 Å². The van der Waals surface area contributed by atoms with Gasteiger partial charge < -0.3 is 24.2 Å². The molecule has 11 nitrogen and oxygen atoms in total. The molecule has 0 fully saturated rings. The third-order valence-corrected chi connectivity index (χ3v) is 12.2. The number of phosphoric ester groups is 1. The van der Waals surface area contributed by atoms with Gasteiger partial charge in [-0.15, -0.1) is 0 Å². The van der Waals surface area contributed by atoms with Crippen molar-refractivity contribution in [3.8, 4) is 0 Å². The van der Waals surface area contributed by atoms with Crippen LogP contribution in [0, 0.1) is 0 Å². The first-order chi connectivity index (χ1) is 32.2. The molecule has 0 bridgehead atoms. The fourth-order valence-corrected chi connectivity index (χ4v) is 8.01. The molecular formula is C54H97O11P. The van der Waals surface area contributed by atoms with E-state index in [9.17, 15) is 28.9 Å². The van der Waals surface area contributed by atoms with Gasteiger partial charge in [-0.2, -0.15) is 0 Å². The second kappa shape index (κ2) is 48.9. The van der Waals surface area contributed by atoms with E-state index in [2.05, 4.69) is 69.4 Å². The van der Waals surface area contributed by atoms with E-state index in [1.807, 2.05) is 0 Å². The van der Waals surface area contributed by atoms with Crippen LogP contribution in [0.25, 0.3) is 0 Å². The number of phosphoric acid groups is 1. The maximum atomic E-state index is 12.8. The minimum Gasteiger partial charge on any atom is -0.462 e. The highest BCUT2D eigenvalue weighted by Crippen LogP contribution is 2.43. The Morgan fingerprint density at radius 1 is 0.439 bits per heavy atom. The molecule has 2 N–H and O–H groups in total. The molecule has 12 heteroatoms. The van der Waals surface area contributed by atoms with Gasteiger partial charge in [-0.1, -0.05) is 211 Å². The molecule has 0 radical (unpaired) electrons. The number of aliphatic hydroxyl groups is 1. The van der Waals surface area contributed by atoms with E-state index in [0.29, 0.717) is 19.3 Å². The van der Waals surface area contributed by atoms with E-state index in [0.717, 1.165) is 89.9 Å². The molecule has 0 heterocycles. The molecule has 3 atom stereocenters. The quantitative estimate of drug-likeness (QED) is 0.0197. The van der Waals surface area contributed by atoms with Crippen LogP contribution in [0.2, 0.25) is 0 Å². The van der Waals surface area contributed by atoms with Crippen molar-refractivity contribution in [2.24, 2.45) is 0 Å². The van der Waals surface area contributed by atoms with Crippen LogP contribution in [0.15, 0.2) is 48.6 Å². The van der Waals surface area contributed by atoms with Gasteiger partial charge in [0.1, 0.15) is 12.7 Å². The van der Waals surface area contributed by atoms with Crippen LogP contribution in [-0.4, -0.2) is 66.5 Å². The Kier molecular flexibility index (Phi) is 47.0. The zero-order valence-corrected chi connectivity index (χ0v) is 43.1. The molecule has 0 aliphatic heterocycles. The lowest BCUT2D eigenvalue weighted by Crippen LogP contribution is -2.30. The van der Waals surface area contributed by atoms with Crippen molar-refractivity contribution in [1.82, 2.24) is 0 Å². The van der Waals surface area contributed by atoms with Gasteiger partial charge in [0, 0.05) is 19.3 Å². The Hall–Kier alpha value is -2.56. The van der Waals surface area contributed by atoms with E-state index in [-0.39, 0.29) is 25.9 Å². The Balaban J connectivity index is 4.75. The first kappa shape index (κ1) is 63.4. The van der Waals surface area contributed by atoms with Crippen LogP contribution >= 0.6 is 7.82 Å². The Bertz CT molecular complexity index is 1300. The summed E-state index contributed by atoms with van der Waals surface area (Å²) in [5.41, 5.74) is 0. The molecule has 66 heavy (non-hydrogen) atoms. The van der Waals surface area contributed by atoms with Gasteiger partial charge in [-0.25, -0.2) is 4.57 Å². The van der Waals surface area contributed by atoms with Crippen molar-refractivity contribution in [2.45, 2.75) is 251 Å². The maximum absolute atomic E-state index is 12.8. The van der Waals surface area contributed by atoms with Gasteiger partial charge in [0.2, 0.25) is 0 Å². The van der Waals surface area contributed by atoms with E-state index >= 15 is 0 Å².